The minimum atomic E-state index is -0.0612. The van der Waals surface area contributed by atoms with E-state index in [0.717, 1.165) is 52.1 Å². The number of hydrogen-bond acceptors (Lipinski definition) is 5. The van der Waals surface area contributed by atoms with Crippen LogP contribution < -0.4 is 0 Å². The molecule has 0 unspecified atom stereocenters. The minimum absolute atomic E-state index is 0.0612. The maximum atomic E-state index is 6.65. The summed E-state index contributed by atoms with van der Waals surface area (Å²) in [6.45, 7) is 7.75. The van der Waals surface area contributed by atoms with Gasteiger partial charge in [0, 0.05) is 47.9 Å². The summed E-state index contributed by atoms with van der Waals surface area (Å²) in [6, 6.07) is 41.5. The minimum Gasteiger partial charge on any atom is -0.381 e. The number of hydrogen-bond donors (Lipinski definition) is 0. The van der Waals surface area contributed by atoms with Crippen LogP contribution >= 0.6 is 34.0 Å². The zero-order valence-corrected chi connectivity index (χ0v) is 40.5. The van der Waals surface area contributed by atoms with Gasteiger partial charge < -0.3 is 9.47 Å². The van der Waals surface area contributed by atoms with Gasteiger partial charge in [-0.3, -0.25) is 0 Å². The van der Waals surface area contributed by atoms with Gasteiger partial charge in [-0.05, 0) is 131 Å². The standard InChI is InChI=1S/C59H64O2S3/c1-3-5-7-15-35-60-39-59(40-61-36-16-8-6-4-2)37-51-52(38-59)58(46-33-29-44(30-34-46)56-50-26-18-24-48(50)54(63-56)42-21-13-10-14-22-42)64-57(51)45-31-27-43(28-32-45)55-49-25-17-23-47(49)53(62-55)41-19-11-9-12-20-41/h9-14,19-22,27-34H,3-8,15-18,23-26,35-40H2,1-2H3. The van der Waals surface area contributed by atoms with Crippen LogP contribution in [0, 0.1) is 5.41 Å². The Morgan fingerprint density at radius 2 is 0.688 bits per heavy atom. The molecule has 0 atom stereocenters. The second-order valence-corrected chi connectivity index (χ2v) is 21.9. The van der Waals surface area contributed by atoms with Crippen molar-refractivity contribution < 1.29 is 9.47 Å². The van der Waals surface area contributed by atoms with Crippen molar-refractivity contribution in [3.8, 4) is 62.6 Å². The number of rotatable bonds is 20. The molecule has 330 valence electrons. The Morgan fingerprint density at radius 3 is 1.02 bits per heavy atom. The van der Waals surface area contributed by atoms with Crippen molar-refractivity contribution in [2.45, 2.75) is 117 Å². The van der Waals surface area contributed by atoms with Crippen molar-refractivity contribution in [1.82, 2.24) is 0 Å². The Bertz CT molecular complexity index is 2450. The summed E-state index contributed by atoms with van der Waals surface area (Å²) in [5.74, 6) is 0. The molecule has 0 N–H and O–H groups in total. The molecule has 3 aliphatic carbocycles. The van der Waals surface area contributed by atoms with Gasteiger partial charge in [-0.25, -0.2) is 0 Å². The van der Waals surface area contributed by atoms with E-state index < -0.39 is 0 Å². The van der Waals surface area contributed by atoms with Gasteiger partial charge >= 0.3 is 0 Å². The van der Waals surface area contributed by atoms with E-state index in [9.17, 15) is 0 Å². The molecule has 0 saturated carbocycles. The molecule has 3 aliphatic rings. The van der Waals surface area contributed by atoms with Gasteiger partial charge in [-0.15, -0.1) is 34.0 Å². The largest absolute Gasteiger partial charge is 0.381 e. The Morgan fingerprint density at radius 1 is 0.375 bits per heavy atom. The molecule has 5 heteroatoms. The topological polar surface area (TPSA) is 18.5 Å². The van der Waals surface area contributed by atoms with Crippen LogP contribution in [0.5, 0.6) is 0 Å². The molecule has 3 heterocycles. The third-order valence-corrected chi connectivity index (χ3v) is 18.3. The molecule has 0 bridgehead atoms. The Kier molecular flexibility index (Phi) is 13.8. The van der Waals surface area contributed by atoms with E-state index in [1.807, 2.05) is 34.0 Å². The normalized spacial score (nSPS) is 14.9. The van der Waals surface area contributed by atoms with E-state index in [-0.39, 0.29) is 5.41 Å². The van der Waals surface area contributed by atoms with E-state index in [4.69, 9.17) is 9.47 Å². The average Bonchev–Trinajstić information content (AvgIpc) is 4.20. The molecule has 64 heavy (non-hydrogen) atoms. The van der Waals surface area contributed by atoms with E-state index >= 15 is 0 Å². The van der Waals surface area contributed by atoms with Gasteiger partial charge in [-0.1, -0.05) is 162 Å². The molecule has 0 saturated heterocycles. The smallest absolute Gasteiger partial charge is 0.0550 e. The maximum absolute atomic E-state index is 6.65. The molecule has 4 aromatic carbocycles. The molecule has 0 spiro atoms. The Hall–Kier alpha value is -4.10. The number of thiophene rings is 3. The maximum Gasteiger partial charge on any atom is 0.0550 e. The van der Waals surface area contributed by atoms with Crippen LogP contribution in [-0.2, 0) is 48.0 Å². The number of fused-ring (bicyclic) bond motifs is 3. The molecule has 7 aromatic rings. The quantitative estimate of drug-likeness (QED) is 0.0710. The van der Waals surface area contributed by atoms with E-state index in [2.05, 4.69) is 123 Å². The molecule has 0 amide bonds. The van der Waals surface area contributed by atoms with Gasteiger partial charge in [0.25, 0.3) is 0 Å². The van der Waals surface area contributed by atoms with Gasteiger partial charge in [0.15, 0.2) is 0 Å². The summed E-state index contributed by atoms with van der Waals surface area (Å²) < 4.78 is 13.3. The highest BCUT2D eigenvalue weighted by Gasteiger charge is 2.42. The van der Waals surface area contributed by atoms with Crippen molar-refractivity contribution in [1.29, 1.82) is 0 Å². The van der Waals surface area contributed by atoms with E-state index in [1.165, 1.54) is 151 Å². The fraction of sp³-hybridized carbons (Fsp3) is 0.390. The number of unbranched alkanes of at least 4 members (excludes halogenated alkanes) is 6. The van der Waals surface area contributed by atoms with E-state index in [1.54, 1.807) is 22.3 Å². The Balaban J connectivity index is 0.989. The molecule has 2 nitrogen and oxygen atoms in total. The highest BCUT2D eigenvalue weighted by atomic mass is 32.1. The summed E-state index contributed by atoms with van der Waals surface area (Å²) in [5.41, 5.74) is 17.4. The second kappa shape index (κ2) is 20.2. The molecule has 3 aromatic heterocycles. The van der Waals surface area contributed by atoms with Crippen LogP contribution in [0.1, 0.15) is 111 Å². The van der Waals surface area contributed by atoms with Crippen LogP contribution in [0.25, 0.3) is 62.6 Å². The zero-order valence-electron chi connectivity index (χ0n) is 38.1. The van der Waals surface area contributed by atoms with Gasteiger partial charge in [0.1, 0.15) is 0 Å². The molecule has 0 radical (unpaired) electrons. The first-order chi connectivity index (χ1) is 31.6. The van der Waals surface area contributed by atoms with Crippen molar-refractivity contribution in [3.05, 3.63) is 143 Å². The van der Waals surface area contributed by atoms with Crippen LogP contribution in [0.4, 0.5) is 0 Å². The van der Waals surface area contributed by atoms with Crippen LogP contribution in [0.2, 0.25) is 0 Å². The summed E-state index contributed by atoms with van der Waals surface area (Å²) in [7, 11) is 0. The molecular weight excluding hydrogens is 837 g/mol. The predicted octanol–water partition coefficient (Wildman–Crippen LogP) is 17.1. The van der Waals surface area contributed by atoms with Crippen molar-refractivity contribution in [2.24, 2.45) is 5.41 Å². The van der Waals surface area contributed by atoms with Gasteiger partial charge in [0.2, 0.25) is 0 Å². The first kappa shape index (κ1) is 43.8. The average molecular weight is 901 g/mol. The Labute approximate surface area is 394 Å². The lowest BCUT2D eigenvalue weighted by Crippen LogP contribution is -2.34. The lowest BCUT2D eigenvalue weighted by molar-refractivity contribution is -0.0191. The predicted molar refractivity (Wildman–Crippen MR) is 277 cm³/mol. The van der Waals surface area contributed by atoms with Crippen LogP contribution in [0.15, 0.2) is 109 Å². The third kappa shape index (κ3) is 9.05. The summed E-state index contributed by atoms with van der Waals surface area (Å²) >= 11 is 6.01. The summed E-state index contributed by atoms with van der Waals surface area (Å²) in [4.78, 5) is 8.73. The second-order valence-electron chi connectivity index (χ2n) is 18.8. The van der Waals surface area contributed by atoms with E-state index in [0.29, 0.717) is 0 Å². The van der Waals surface area contributed by atoms with Crippen LogP contribution in [0.3, 0.4) is 0 Å². The van der Waals surface area contributed by atoms with Gasteiger partial charge in [0.05, 0.1) is 13.2 Å². The summed E-state index contributed by atoms with van der Waals surface area (Å²) in [6.07, 6.45) is 19.1. The molecular formula is C59H64O2S3. The third-order valence-electron chi connectivity index (χ3n) is 14.2. The van der Waals surface area contributed by atoms with Crippen molar-refractivity contribution >= 4 is 34.0 Å². The number of ether oxygens (including phenoxy) is 2. The lowest BCUT2D eigenvalue weighted by Gasteiger charge is -2.29. The SMILES string of the molecule is CCCCCCOCC1(COCCCCCC)Cc2c(-c3ccc(-c4sc(-c5ccccc5)c5c4CCC5)cc3)sc(-c3ccc(-c4sc(-c5ccccc5)c5c4CCC5)cc3)c2C1. The molecule has 10 rings (SSSR count). The first-order valence-electron chi connectivity index (χ1n) is 24.5. The highest BCUT2D eigenvalue weighted by molar-refractivity contribution is 7.20. The highest BCUT2D eigenvalue weighted by Crippen LogP contribution is 2.53. The lowest BCUT2D eigenvalue weighted by atomic mass is 9.86. The first-order valence-corrected chi connectivity index (χ1v) is 27.0. The number of benzene rings is 4. The molecule has 0 fully saturated rings. The molecule has 0 aliphatic heterocycles. The fourth-order valence-electron chi connectivity index (χ4n) is 10.8. The van der Waals surface area contributed by atoms with Crippen LogP contribution in [-0.4, -0.2) is 26.4 Å². The van der Waals surface area contributed by atoms with Gasteiger partial charge in [-0.2, -0.15) is 0 Å². The zero-order chi connectivity index (χ0) is 43.3. The monoisotopic (exact) mass is 900 g/mol. The van der Waals surface area contributed by atoms with Crippen molar-refractivity contribution in [3.63, 3.8) is 0 Å². The fourth-order valence-corrected chi connectivity index (χ4v) is 15.0. The summed E-state index contributed by atoms with van der Waals surface area (Å²) in [5, 5.41) is 0. The van der Waals surface area contributed by atoms with Crippen molar-refractivity contribution in [2.75, 3.05) is 26.4 Å².